The van der Waals surface area contributed by atoms with Gasteiger partial charge in [0, 0.05) is 12.6 Å². The third-order valence-corrected chi connectivity index (χ3v) is 7.22. The number of hydrogen-bond acceptors (Lipinski definition) is 3. The lowest BCUT2D eigenvalue weighted by Gasteiger charge is -2.38. The van der Waals surface area contributed by atoms with Crippen molar-refractivity contribution in [2.24, 2.45) is 29.6 Å². The number of carbonyl (C=O) groups excluding carboxylic acids is 2. The Morgan fingerprint density at radius 3 is 2.48 bits per heavy atom. The maximum atomic E-state index is 12.9. The van der Waals surface area contributed by atoms with Gasteiger partial charge in [-0.05, 0) is 69.1 Å². The quantitative estimate of drug-likeness (QED) is 0.748. The Morgan fingerprint density at radius 1 is 1.04 bits per heavy atom. The second-order valence-electron chi connectivity index (χ2n) is 8.31. The molecule has 0 aromatic carbocycles. The average Bonchev–Trinajstić information content (AvgIpc) is 3.22. The SMILES string of the molecule is COC(=O)[C@@H]1CC[C@@H]1C(=O)N1CCC[C@H]1C[C@H]1C[C@H]2CC[C@H]1C2. The van der Waals surface area contributed by atoms with Crippen LogP contribution in [0.5, 0.6) is 0 Å². The summed E-state index contributed by atoms with van der Waals surface area (Å²) in [6.45, 7) is 0.898. The monoisotopic (exact) mass is 319 g/mol. The molecule has 4 rings (SSSR count). The number of likely N-dealkylation sites (tertiary alicyclic amines) is 1. The van der Waals surface area contributed by atoms with E-state index >= 15 is 0 Å². The lowest BCUT2D eigenvalue weighted by Crippen LogP contribution is -2.48. The molecular weight excluding hydrogens is 290 g/mol. The Kier molecular flexibility index (Phi) is 4.10. The van der Waals surface area contributed by atoms with Crippen LogP contribution >= 0.6 is 0 Å². The minimum Gasteiger partial charge on any atom is -0.469 e. The summed E-state index contributed by atoms with van der Waals surface area (Å²) in [5.74, 6) is 2.51. The van der Waals surface area contributed by atoms with E-state index in [4.69, 9.17) is 4.74 Å². The largest absolute Gasteiger partial charge is 0.469 e. The smallest absolute Gasteiger partial charge is 0.309 e. The Balaban J connectivity index is 1.37. The fraction of sp³-hybridized carbons (Fsp3) is 0.895. The average molecular weight is 319 g/mol. The van der Waals surface area contributed by atoms with Crippen LogP contribution in [0.25, 0.3) is 0 Å². The van der Waals surface area contributed by atoms with Gasteiger partial charge in [-0.1, -0.05) is 6.42 Å². The molecule has 0 spiro atoms. The van der Waals surface area contributed by atoms with Crippen molar-refractivity contribution in [3.8, 4) is 0 Å². The number of hydrogen-bond donors (Lipinski definition) is 0. The first-order valence-electron chi connectivity index (χ1n) is 9.55. The molecule has 3 saturated carbocycles. The van der Waals surface area contributed by atoms with Crippen LogP contribution in [-0.2, 0) is 14.3 Å². The summed E-state index contributed by atoms with van der Waals surface area (Å²) >= 11 is 0. The molecule has 0 aromatic heterocycles. The highest BCUT2D eigenvalue weighted by atomic mass is 16.5. The normalized spacial score (nSPS) is 41.9. The Hall–Kier alpha value is -1.06. The number of carbonyl (C=O) groups is 2. The van der Waals surface area contributed by atoms with Crippen LogP contribution in [0.3, 0.4) is 0 Å². The highest BCUT2D eigenvalue weighted by molar-refractivity contribution is 5.87. The van der Waals surface area contributed by atoms with E-state index in [9.17, 15) is 9.59 Å². The number of rotatable bonds is 4. The van der Waals surface area contributed by atoms with Crippen LogP contribution in [0.4, 0.5) is 0 Å². The van der Waals surface area contributed by atoms with Crippen LogP contribution in [0.15, 0.2) is 0 Å². The lowest BCUT2D eigenvalue weighted by atomic mass is 9.72. The highest BCUT2D eigenvalue weighted by Crippen LogP contribution is 2.51. The minimum absolute atomic E-state index is 0.108. The molecule has 128 valence electrons. The Bertz CT molecular complexity index is 491. The van der Waals surface area contributed by atoms with Crippen molar-refractivity contribution in [1.82, 2.24) is 4.90 Å². The van der Waals surface area contributed by atoms with Crippen LogP contribution in [0.1, 0.15) is 57.8 Å². The molecule has 3 aliphatic carbocycles. The summed E-state index contributed by atoms with van der Waals surface area (Å²) in [5, 5.41) is 0. The van der Waals surface area contributed by atoms with E-state index < -0.39 is 0 Å². The summed E-state index contributed by atoms with van der Waals surface area (Å²) in [4.78, 5) is 26.8. The number of esters is 1. The highest BCUT2D eigenvalue weighted by Gasteiger charge is 2.47. The summed E-state index contributed by atoms with van der Waals surface area (Å²) in [7, 11) is 1.43. The fourth-order valence-corrected chi connectivity index (χ4v) is 5.83. The molecule has 6 atom stereocenters. The molecule has 1 saturated heterocycles. The van der Waals surface area contributed by atoms with Gasteiger partial charge in [0.25, 0.3) is 0 Å². The maximum absolute atomic E-state index is 12.9. The molecule has 4 heteroatoms. The third kappa shape index (κ3) is 2.68. The molecular formula is C19H29NO3. The molecule has 0 aromatic rings. The predicted octanol–water partition coefficient (Wildman–Crippen LogP) is 3.00. The van der Waals surface area contributed by atoms with Gasteiger partial charge in [0.2, 0.25) is 5.91 Å². The molecule has 2 bridgehead atoms. The summed E-state index contributed by atoms with van der Waals surface area (Å²) in [6, 6.07) is 0.436. The molecule has 4 nitrogen and oxygen atoms in total. The zero-order chi connectivity index (χ0) is 16.0. The number of methoxy groups -OCH3 is 1. The van der Waals surface area contributed by atoms with Gasteiger partial charge in [-0.2, -0.15) is 0 Å². The maximum Gasteiger partial charge on any atom is 0.309 e. The van der Waals surface area contributed by atoms with Crippen molar-refractivity contribution >= 4 is 11.9 Å². The molecule has 1 amide bonds. The van der Waals surface area contributed by atoms with Crippen molar-refractivity contribution in [2.75, 3.05) is 13.7 Å². The van der Waals surface area contributed by atoms with E-state index in [1.54, 1.807) is 0 Å². The number of nitrogens with zero attached hydrogens (tertiary/aromatic N) is 1. The van der Waals surface area contributed by atoms with Gasteiger partial charge in [0.1, 0.15) is 0 Å². The van der Waals surface area contributed by atoms with Gasteiger partial charge in [-0.25, -0.2) is 0 Å². The van der Waals surface area contributed by atoms with Crippen LogP contribution in [0, 0.1) is 29.6 Å². The van der Waals surface area contributed by atoms with Gasteiger partial charge in [-0.15, -0.1) is 0 Å². The lowest BCUT2D eigenvalue weighted by molar-refractivity contribution is -0.159. The van der Waals surface area contributed by atoms with E-state index in [0.29, 0.717) is 6.04 Å². The third-order valence-electron chi connectivity index (χ3n) is 7.22. The van der Waals surface area contributed by atoms with Crippen molar-refractivity contribution in [1.29, 1.82) is 0 Å². The van der Waals surface area contributed by atoms with Crippen molar-refractivity contribution in [3.05, 3.63) is 0 Å². The standard InChI is InChI=1S/C19H29NO3/c1-23-19(22)17-7-6-16(17)18(21)20-8-2-3-15(20)11-14-10-12-4-5-13(14)9-12/h12-17H,2-11H2,1H3/t12-,13-,14+,15-,16-,17+/m0/s1. The molecule has 1 heterocycles. The first-order chi connectivity index (χ1) is 11.2. The topological polar surface area (TPSA) is 46.6 Å². The van der Waals surface area contributed by atoms with E-state index in [0.717, 1.165) is 50.0 Å². The first kappa shape index (κ1) is 15.5. The molecule has 0 unspecified atom stereocenters. The second kappa shape index (κ2) is 6.10. The van der Waals surface area contributed by atoms with Gasteiger partial charge >= 0.3 is 5.97 Å². The van der Waals surface area contributed by atoms with Gasteiger partial charge in [0.15, 0.2) is 0 Å². The fourth-order valence-electron chi connectivity index (χ4n) is 5.83. The molecule has 1 aliphatic heterocycles. The Morgan fingerprint density at radius 2 is 1.87 bits per heavy atom. The van der Waals surface area contributed by atoms with Gasteiger partial charge < -0.3 is 9.64 Å². The molecule has 0 radical (unpaired) electrons. The minimum atomic E-state index is -0.196. The van der Waals surface area contributed by atoms with Gasteiger partial charge in [0.05, 0.1) is 18.9 Å². The molecule has 4 aliphatic rings. The van der Waals surface area contributed by atoms with Crippen LogP contribution in [-0.4, -0.2) is 36.5 Å². The van der Waals surface area contributed by atoms with Crippen molar-refractivity contribution < 1.29 is 14.3 Å². The second-order valence-corrected chi connectivity index (χ2v) is 8.31. The predicted molar refractivity (Wildman–Crippen MR) is 86.5 cm³/mol. The van der Waals surface area contributed by atoms with Gasteiger partial charge in [-0.3, -0.25) is 9.59 Å². The van der Waals surface area contributed by atoms with Crippen LogP contribution < -0.4 is 0 Å². The van der Waals surface area contributed by atoms with Crippen LogP contribution in [0.2, 0.25) is 0 Å². The summed E-state index contributed by atoms with van der Waals surface area (Å²) < 4.78 is 4.86. The first-order valence-corrected chi connectivity index (χ1v) is 9.55. The summed E-state index contributed by atoms with van der Waals surface area (Å²) in [5.41, 5.74) is 0. The van der Waals surface area contributed by atoms with E-state index in [2.05, 4.69) is 4.90 Å². The van der Waals surface area contributed by atoms with Crippen molar-refractivity contribution in [3.63, 3.8) is 0 Å². The number of fused-ring (bicyclic) bond motifs is 2. The zero-order valence-corrected chi connectivity index (χ0v) is 14.2. The molecule has 23 heavy (non-hydrogen) atoms. The van der Waals surface area contributed by atoms with E-state index in [1.807, 2.05) is 0 Å². The van der Waals surface area contributed by atoms with E-state index in [1.165, 1.54) is 39.2 Å². The molecule has 4 fully saturated rings. The Labute approximate surface area is 138 Å². The molecule has 0 N–H and O–H groups in total. The van der Waals surface area contributed by atoms with E-state index in [-0.39, 0.29) is 23.7 Å². The number of amides is 1. The summed E-state index contributed by atoms with van der Waals surface area (Å²) in [6.07, 6.45) is 10.9. The zero-order valence-electron chi connectivity index (χ0n) is 14.2. The van der Waals surface area contributed by atoms with Crippen molar-refractivity contribution in [2.45, 2.75) is 63.8 Å². The number of ether oxygens (including phenoxy) is 1.